The second kappa shape index (κ2) is 4.39. The summed E-state index contributed by atoms with van der Waals surface area (Å²) in [6.45, 7) is 3.14. The Balaban J connectivity index is 1.85. The molecule has 1 aromatic carbocycles. The molecule has 3 heteroatoms. The lowest BCUT2D eigenvalue weighted by atomic mass is 9.65. The highest BCUT2D eigenvalue weighted by Gasteiger charge is 2.36. The van der Waals surface area contributed by atoms with Gasteiger partial charge in [0.05, 0.1) is 11.0 Å². The molecule has 1 fully saturated rings. The number of nitrogens with one attached hydrogen (secondary N) is 2. The van der Waals surface area contributed by atoms with E-state index in [0.717, 1.165) is 17.9 Å². The number of benzene rings is 1. The van der Waals surface area contributed by atoms with Crippen molar-refractivity contribution in [2.75, 3.05) is 13.6 Å². The van der Waals surface area contributed by atoms with Gasteiger partial charge < -0.3 is 10.3 Å². The Morgan fingerprint density at radius 2 is 2.22 bits per heavy atom. The molecule has 0 spiro atoms. The van der Waals surface area contributed by atoms with Crippen LogP contribution in [0.25, 0.3) is 11.0 Å². The molecule has 0 amide bonds. The number of hydrogen-bond acceptors (Lipinski definition) is 2. The second-order valence-electron chi connectivity index (χ2n) is 5.73. The van der Waals surface area contributed by atoms with Gasteiger partial charge in [-0.15, -0.1) is 0 Å². The molecule has 0 unspecified atom stereocenters. The number of hydrogen-bond donors (Lipinski definition) is 2. The molecule has 0 aliphatic heterocycles. The van der Waals surface area contributed by atoms with Crippen molar-refractivity contribution < 1.29 is 0 Å². The molecule has 1 saturated carbocycles. The van der Waals surface area contributed by atoms with Crippen LogP contribution in [0.5, 0.6) is 0 Å². The lowest BCUT2D eigenvalue weighted by molar-refractivity contribution is 0.133. The van der Waals surface area contributed by atoms with Gasteiger partial charge in [0.15, 0.2) is 0 Å². The molecule has 1 aromatic heterocycles. The van der Waals surface area contributed by atoms with Crippen LogP contribution in [0.15, 0.2) is 18.2 Å². The first kappa shape index (κ1) is 11.7. The van der Waals surface area contributed by atoms with E-state index in [1.165, 1.54) is 36.8 Å². The van der Waals surface area contributed by atoms with Gasteiger partial charge in [-0.1, -0.05) is 12.5 Å². The summed E-state index contributed by atoms with van der Waals surface area (Å²) in [5.41, 5.74) is 4.18. The van der Waals surface area contributed by atoms with Crippen LogP contribution in [0.4, 0.5) is 0 Å². The molecule has 1 heterocycles. The van der Waals surface area contributed by atoms with E-state index < -0.39 is 0 Å². The maximum absolute atomic E-state index is 4.45. The molecule has 3 nitrogen and oxygen atoms in total. The third kappa shape index (κ3) is 2.03. The predicted octanol–water partition coefficient (Wildman–Crippen LogP) is 2.80. The average molecular weight is 243 g/mol. The summed E-state index contributed by atoms with van der Waals surface area (Å²) >= 11 is 0. The zero-order chi connectivity index (χ0) is 12.6. The summed E-state index contributed by atoms with van der Waals surface area (Å²) < 4.78 is 0. The van der Waals surface area contributed by atoms with Gasteiger partial charge in [0.25, 0.3) is 0 Å². The van der Waals surface area contributed by atoms with Crippen LogP contribution in [0.2, 0.25) is 0 Å². The molecule has 96 valence electrons. The van der Waals surface area contributed by atoms with Crippen molar-refractivity contribution in [1.82, 2.24) is 15.3 Å². The van der Waals surface area contributed by atoms with Crippen molar-refractivity contribution >= 4 is 11.0 Å². The minimum Gasteiger partial charge on any atom is -0.342 e. The van der Waals surface area contributed by atoms with Crippen molar-refractivity contribution in [3.8, 4) is 0 Å². The fourth-order valence-corrected chi connectivity index (χ4v) is 3.20. The van der Waals surface area contributed by atoms with Crippen LogP contribution in [-0.4, -0.2) is 23.6 Å². The summed E-state index contributed by atoms with van der Waals surface area (Å²) in [5.74, 6) is 0.996. The van der Waals surface area contributed by atoms with Crippen molar-refractivity contribution in [1.29, 1.82) is 0 Å². The quantitative estimate of drug-likeness (QED) is 0.867. The number of aromatic nitrogens is 2. The van der Waals surface area contributed by atoms with E-state index in [2.05, 4.69) is 40.5 Å². The van der Waals surface area contributed by atoms with Gasteiger partial charge in [-0.3, -0.25) is 0 Å². The van der Waals surface area contributed by atoms with Crippen LogP contribution in [0, 0.1) is 12.3 Å². The van der Waals surface area contributed by atoms with Gasteiger partial charge in [0.1, 0.15) is 5.82 Å². The zero-order valence-corrected chi connectivity index (χ0v) is 11.2. The Bertz CT molecular complexity index is 552. The summed E-state index contributed by atoms with van der Waals surface area (Å²) in [7, 11) is 2.06. The SMILES string of the molecule is CNCC1(Cc2ccc3nc(C)[nH]c3c2)CCC1. The van der Waals surface area contributed by atoms with E-state index in [4.69, 9.17) is 0 Å². The predicted molar refractivity (Wildman–Crippen MR) is 74.7 cm³/mol. The van der Waals surface area contributed by atoms with E-state index in [9.17, 15) is 0 Å². The van der Waals surface area contributed by atoms with Crippen LogP contribution in [-0.2, 0) is 6.42 Å². The first-order valence-electron chi connectivity index (χ1n) is 6.81. The van der Waals surface area contributed by atoms with Crippen LogP contribution < -0.4 is 5.32 Å². The molecule has 0 atom stereocenters. The highest BCUT2D eigenvalue weighted by Crippen LogP contribution is 2.43. The average Bonchev–Trinajstić information content (AvgIpc) is 2.65. The topological polar surface area (TPSA) is 40.7 Å². The Kier molecular flexibility index (Phi) is 2.86. The number of imidazole rings is 1. The van der Waals surface area contributed by atoms with Crippen LogP contribution >= 0.6 is 0 Å². The molecule has 1 aliphatic carbocycles. The van der Waals surface area contributed by atoms with E-state index >= 15 is 0 Å². The molecule has 1 aliphatic rings. The Labute approximate surface area is 108 Å². The minimum absolute atomic E-state index is 0.498. The molecular weight excluding hydrogens is 222 g/mol. The maximum Gasteiger partial charge on any atom is 0.104 e. The van der Waals surface area contributed by atoms with Gasteiger partial charge in [0, 0.05) is 6.54 Å². The van der Waals surface area contributed by atoms with Crippen LogP contribution in [0.1, 0.15) is 30.7 Å². The Hall–Kier alpha value is -1.35. The molecule has 0 bridgehead atoms. The molecule has 18 heavy (non-hydrogen) atoms. The van der Waals surface area contributed by atoms with Crippen molar-refractivity contribution in [3.63, 3.8) is 0 Å². The summed E-state index contributed by atoms with van der Waals surface area (Å²) in [5, 5.41) is 3.35. The first-order valence-corrected chi connectivity index (χ1v) is 6.81. The van der Waals surface area contributed by atoms with Crippen LogP contribution in [0.3, 0.4) is 0 Å². The number of fused-ring (bicyclic) bond motifs is 1. The number of aromatic amines is 1. The summed E-state index contributed by atoms with van der Waals surface area (Å²) in [4.78, 5) is 7.78. The molecule has 0 radical (unpaired) electrons. The van der Waals surface area contributed by atoms with Crippen molar-refractivity contribution in [2.45, 2.75) is 32.6 Å². The Morgan fingerprint density at radius 3 is 2.89 bits per heavy atom. The van der Waals surface area contributed by atoms with Gasteiger partial charge in [-0.2, -0.15) is 0 Å². The van der Waals surface area contributed by atoms with Gasteiger partial charge >= 0.3 is 0 Å². The molecule has 0 saturated heterocycles. The van der Waals surface area contributed by atoms with E-state index in [1.54, 1.807) is 0 Å². The number of rotatable bonds is 4. The lowest BCUT2D eigenvalue weighted by Crippen LogP contribution is -2.40. The van der Waals surface area contributed by atoms with Gasteiger partial charge in [-0.05, 0) is 56.3 Å². The molecule has 3 rings (SSSR count). The molecule has 2 aromatic rings. The van der Waals surface area contributed by atoms with Crippen molar-refractivity contribution in [3.05, 3.63) is 29.6 Å². The largest absolute Gasteiger partial charge is 0.342 e. The molecule has 2 N–H and O–H groups in total. The summed E-state index contributed by atoms with van der Waals surface area (Å²) in [6, 6.07) is 6.64. The highest BCUT2D eigenvalue weighted by molar-refractivity contribution is 5.75. The first-order chi connectivity index (χ1) is 8.71. The second-order valence-corrected chi connectivity index (χ2v) is 5.73. The van der Waals surface area contributed by atoms with E-state index in [1.807, 2.05) is 6.92 Å². The standard InChI is InChI=1S/C15H21N3/c1-11-17-13-5-4-12(8-14(13)18-11)9-15(10-16-2)6-3-7-15/h4-5,8,16H,3,6-7,9-10H2,1-2H3,(H,17,18). The number of H-pyrrole nitrogens is 1. The zero-order valence-electron chi connectivity index (χ0n) is 11.2. The van der Waals surface area contributed by atoms with Gasteiger partial charge in [0.2, 0.25) is 0 Å². The molecular formula is C15H21N3. The number of nitrogens with zero attached hydrogens (tertiary/aromatic N) is 1. The third-order valence-electron chi connectivity index (χ3n) is 4.21. The monoisotopic (exact) mass is 243 g/mol. The normalized spacial score (nSPS) is 17.9. The van der Waals surface area contributed by atoms with Crippen molar-refractivity contribution in [2.24, 2.45) is 5.41 Å². The van der Waals surface area contributed by atoms with Gasteiger partial charge in [-0.25, -0.2) is 4.98 Å². The minimum atomic E-state index is 0.498. The maximum atomic E-state index is 4.45. The summed E-state index contributed by atoms with van der Waals surface area (Å²) in [6.07, 6.45) is 5.27. The lowest BCUT2D eigenvalue weighted by Gasteiger charge is -2.42. The fraction of sp³-hybridized carbons (Fsp3) is 0.533. The number of aryl methyl sites for hydroxylation is 1. The fourth-order valence-electron chi connectivity index (χ4n) is 3.20. The Morgan fingerprint density at radius 1 is 1.39 bits per heavy atom. The van der Waals surface area contributed by atoms with E-state index in [0.29, 0.717) is 5.41 Å². The highest BCUT2D eigenvalue weighted by atomic mass is 14.9. The van der Waals surface area contributed by atoms with E-state index in [-0.39, 0.29) is 0 Å². The third-order valence-corrected chi connectivity index (χ3v) is 4.21. The smallest absolute Gasteiger partial charge is 0.104 e.